The molecule has 1 heterocycles. The van der Waals surface area contributed by atoms with Crippen LogP contribution in [0.25, 0.3) is 0 Å². The number of halogens is 1. The van der Waals surface area contributed by atoms with Crippen LogP contribution >= 0.6 is 11.6 Å². The zero-order chi connectivity index (χ0) is 13.0. The lowest BCUT2D eigenvalue weighted by Crippen LogP contribution is -2.14. The molecular formula is C14H13ClN2O. The Labute approximate surface area is 111 Å². The maximum absolute atomic E-state index is 12.1. The van der Waals surface area contributed by atoms with Gasteiger partial charge in [-0.2, -0.15) is 0 Å². The minimum absolute atomic E-state index is 0.164. The Bertz CT molecular complexity index is 569. The van der Waals surface area contributed by atoms with Crippen molar-refractivity contribution in [3.8, 4) is 0 Å². The molecule has 0 saturated heterocycles. The number of benzene rings is 1. The maximum Gasteiger partial charge on any atom is 0.256 e. The largest absolute Gasteiger partial charge is 0.319 e. The number of hydrogen-bond acceptors (Lipinski definition) is 2. The molecule has 18 heavy (non-hydrogen) atoms. The van der Waals surface area contributed by atoms with Crippen LogP contribution in [0.15, 0.2) is 42.6 Å². The molecule has 0 bridgehead atoms. The molecule has 0 fully saturated rings. The summed E-state index contributed by atoms with van der Waals surface area (Å²) >= 11 is 5.90. The number of carbonyl (C=O) groups excluding carboxylic acids is 1. The van der Waals surface area contributed by atoms with Crippen LogP contribution in [0.4, 0.5) is 5.69 Å². The lowest BCUT2D eigenvalue weighted by Gasteiger charge is -2.09. The summed E-state index contributed by atoms with van der Waals surface area (Å²) in [5.41, 5.74) is 2.20. The highest BCUT2D eigenvalue weighted by Gasteiger charge is 2.11. The van der Waals surface area contributed by atoms with Crippen molar-refractivity contribution in [3.05, 3.63) is 58.9 Å². The normalized spacial score (nSPS) is 10.1. The molecule has 0 aliphatic carbocycles. The molecule has 2 aromatic rings. The van der Waals surface area contributed by atoms with Crippen molar-refractivity contribution in [1.29, 1.82) is 0 Å². The first-order valence-corrected chi connectivity index (χ1v) is 6.10. The predicted octanol–water partition coefficient (Wildman–Crippen LogP) is 3.55. The lowest BCUT2D eigenvalue weighted by atomic mass is 10.0. The van der Waals surface area contributed by atoms with Crippen LogP contribution in [-0.4, -0.2) is 10.9 Å². The van der Waals surface area contributed by atoms with Gasteiger partial charge in [0, 0.05) is 11.8 Å². The molecule has 0 aliphatic heterocycles. The summed E-state index contributed by atoms with van der Waals surface area (Å²) < 4.78 is 0. The van der Waals surface area contributed by atoms with Gasteiger partial charge in [-0.3, -0.25) is 4.79 Å². The minimum Gasteiger partial charge on any atom is -0.319 e. The average molecular weight is 261 g/mol. The first-order valence-electron chi connectivity index (χ1n) is 5.72. The highest BCUT2D eigenvalue weighted by molar-refractivity contribution is 6.32. The summed E-state index contributed by atoms with van der Waals surface area (Å²) in [6.45, 7) is 2.02. The number of hydrogen-bond donors (Lipinski definition) is 1. The van der Waals surface area contributed by atoms with Gasteiger partial charge in [-0.05, 0) is 30.2 Å². The van der Waals surface area contributed by atoms with Gasteiger partial charge in [-0.15, -0.1) is 0 Å². The Hall–Kier alpha value is -1.87. The maximum atomic E-state index is 12.1. The van der Waals surface area contributed by atoms with E-state index in [0.717, 1.165) is 12.0 Å². The van der Waals surface area contributed by atoms with E-state index in [-0.39, 0.29) is 5.91 Å². The van der Waals surface area contributed by atoms with E-state index in [0.29, 0.717) is 16.4 Å². The van der Waals surface area contributed by atoms with E-state index >= 15 is 0 Å². The van der Waals surface area contributed by atoms with E-state index in [2.05, 4.69) is 10.3 Å². The number of nitrogens with zero attached hydrogens (tertiary/aromatic N) is 1. The van der Waals surface area contributed by atoms with Gasteiger partial charge < -0.3 is 5.32 Å². The molecule has 0 radical (unpaired) electrons. The SMILES string of the molecule is CCc1ccccc1C(=O)Nc1cccnc1Cl. The molecule has 0 aliphatic rings. The number of pyridine rings is 1. The molecule has 2 rings (SSSR count). The molecule has 3 nitrogen and oxygen atoms in total. The predicted molar refractivity (Wildman–Crippen MR) is 73.0 cm³/mol. The fourth-order valence-corrected chi connectivity index (χ4v) is 1.89. The van der Waals surface area contributed by atoms with Crippen molar-refractivity contribution >= 4 is 23.2 Å². The Morgan fingerprint density at radius 3 is 2.78 bits per heavy atom. The first kappa shape index (κ1) is 12.6. The second-order valence-corrected chi connectivity index (χ2v) is 4.16. The first-order chi connectivity index (χ1) is 8.72. The van der Waals surface area contributed by atoms with Crippen LogP contribution in [0.5, 0.6) is 0 Å². The van der Waals surface area contributed by atoms with Gasteiger partial charge in [0.1, 0.15) is 0 Å². The third-order valence-electron chi connectivity index (χ3n) is 2.65. The van der Waals surface area contributed by atoms with Gasteiger partial charge in [-0.1, -0.05) is 36.7 Å². The molecule has 1 aromatic heterocycles. The molecule has 92 valence electrons. The number of aryl methyl sites for hydroxylation is 1. The number of rotatable bonds is 3. The molecule has 0 atom stereocenters. The van der Waals surface area contributed by atoms with Gasteiger partial charge >= 0.3 is 0 Å². The summed E-state index contributed by atoms with van der Waals surface area (Å²) in [5, 5.41) is 3.06. The Morgan fingerprint density at radius 2 is 2.06 bits per heavy atom. The molecule has 0 spiro atoms. The molecule has 0 unspecified atom stereocenters. The van der Waals surface area contributed by atoms with E-state index in [1.807, 2.05) is 25.1 Å². The van der Waals surface area contributed by atoms with Gasteiger partial charge in [0.15, 0.2) is 5.15 Å². The second kappa shape index (κ2) is 5.65. The number of aromatic nitrogens is 1. The third-order valence-corrected chi connectivity index (χ3v) is 2.95. The van der Waals surface area contributed by atoms with Crippen molar-refractivity contribution in [2.75, 3.05) is 5.32 Å². The molecule has 4 heteroatoms. The van der Waals surface area contributed by atoms with Crippen LogP contribution in [-0.2, 0) is 6.42 Å². The Balaban J connectivity index is 2.25. The summed E-state index contributed by atoms with van der Waals surface area (Å²) in [6.07, 6.45) is 2.39. The highest BCUT2D eigenvalue weighted by Crippen LogP contribution is 2.19. The summed E-state index contributed by atoms with van der Waals surface area (Å²) in [6, 6.07) is 11.0. The van der Waals surface area contributed by atoms with Crippen LogP contribution < -0.4 is 5.32 Å². The van der Waals surface area contributed by atoms with Crippen LogP contribution in [0.2, 0.25) is 5.15 Å². The van der Waals surface area contributed by atoms with Gasteiger partial charge in [0.2, 0.25) is 0 Å². The minimum atomic E-state index is -0.164. The van der Waals surface area contributed by atoms with Gasteiger partial charge in [0.25, 0.3) is 5.91 Å². The second-order valence-electron chi connectivity index (χ2n) is 3.81. The number of carbonyl (C=O) groups is 1. The summed E-state index contributed by atoms with van der Waals surface area (Å²) in [7, 11) is 0. The van der Waals surface area contributed by atoms with Crippen LogP contribution in [0.3, 0.4) is 0 Å². The topological polar surface area (TPSA) is 42.0 Å². The van der Waals surface area contributed by atoms with Gasteiger partial charge in [0.05, 0.1) is 5.69 Å². The molecule has 0 saturated carbocycles. The van der Waals surface area contributed by atoms with Gasteiger partial charge in [-0.25, -0.2) is 4.98 Å². The number of amides is 1. The summed E-state index contributed by atoms with van der Waals surface area (Å²) in [5.74, 6) is -0.164. The fourth-order valence-electron chi connectivity index (χ4n) is 1.72. The van der Waals surface area contributed by atoms with Crippen LogP contribution in [0.1, 0.15) is 22.8 Å². The van der Waals surface area contributed by atoms with E-state index in [9.17, 15) is 4.79 Å². The quantitative estimate of drug-likeness (QED) is 0.858. The fraction of sp³-hybridized carbons (Fsp3) is 0.143. The smallest absolute Gasteiger partial charge is 0.256 e. The zero-order valence-electron chi connectivity index (χ0n) is 9.98. The van der Waals surface area contributed by atoms with Crippen molar-refractivity contribution < 1.29 is 4.79 Å². The highest BCUT2D eigenvalue weighted by atomic mass is 35.5. The van der Waals surface area contributed by atoms with E-state index in [1.165, 1.54) is 0 Å². The molecule has 1 N–H and O–H groups in total. The van der Waals surface area contributed by atoms with Crippen LogP contribution in [0, 0.1) is 0 Å². The summed E-state index contributed by atoms with van der Waals surface area (Å²) in [4.78, 5) is 16.1. The molecule has 1 aromatic carbocycles. The Morgan fingerprint density at radius 1 is 1.28 bits per heavy atom. The molecule has 1 amide bonds. The van der Waals surface area contributed by atoms with E-state index < -0.39 is 0 Å². The third kappa shape index (κ3) is 2.68. The standard InChI is InChI=1S/C14H13ClN2O/c1-2-10-6-3-4-7-11(10)14(18)17-12-8-5-9-16-13(12)15/h3-9H,2H2,1H3,(H,17,18). The van der Waals surface area contributed by atoms with Crippen molar-refractivity contribution in [1.82, 2.24) is 4.98 Å². The van der Waals surface area contributed by atoms with Crippen molar-refractivity contribution in [2.24, 2.45) is 0 Å². The number of nitrogens with one attached hydrogen (secondary N) is 1. The van der Waals surface area contributed by atoms with E-state index in [1.54, 1.807) is 24.4 Å². The lowest BCUT2D eigenvalue weighted by molar-refractivity contribution is 0.102. The number of anilines is 1. The van der Waals surface area contributed by atoms with Crippen molar-refractivity contribution in [3.63, 3.8) is 0 Å². The monoisotopic (exact) mass is 260 g/mol. The average Bonchev–Trinajstić information content (AvgIpc) is 2.41. The molecular weight excluding hydrogens is 248 g/mol. The van der Waals surface area contributed by atoms with Crippen molar-refractivity contribution in [2.45, 2.75) is 13.3 Å². The van der Waals surface area contributed by atoms with E-state index in [4.69, 9.17) is 11.6 Å². The zero-order valence-corrected chi connectivity index (χ0v) is 10.7. The Kier molecular flexibility index (Phi) is 3.95.